The second-order valence-corrected chi connectivity index (χ2v) is 6.23. The fourth-order valence-corrected chi connectivity index (χ4v) is 2.88. The zero-order chi connectivity index (χ0) is 17.4. The normalized spacial score (nSPS) is 10.7. The highest BCUT2D eigenvalue weighted by atomic mass is 35.5. The Morgan fingerprint density at radius 2 is 2.00 bits per heavy atom. The number of hydrazone groups is 1. The molecular weight excluding hydrogens is 348 g/mol. The summed E-state index contributed by atoms with van der Waals surface area (Å²) in [5, 5.41) is 13.5. The Hall–Kier alpha value is -2.31. The molecule has 24 heavy (non-hydrogen) atoms. The minimum Gasteiger partial charge on any atom is -0.478 e. The second kappa shape index (κ2) is 9.10. The number of amides is 1. The molecular formula is C17H15ClN2O3S. The lowest BCUT2D eigenvalue weighted by atomic mass is 10.1. The summed E-state index contributed by atoms with van der Waals surface area (Å²) in [5.74, 6) is -0.393. The van der Waals surface area contributed by atoms with Crippen LogP contribution in [0.2, 0.25) is 5.02 Å². The molecule has 0 spiro atoms. The highest BCUT2D eigenvalue weighted by Crippen LogP contribution is 2.16. The van der Waals surface area contributed by atoms with Crippen LogP contribution in [-0.4, -0.2) is 29.0 Å². The summed E-state index contributed by atoms with van der Waals surface area (Å²) in [6, 6.07) is 13.9. The first-order valence-electron chi connectivity index (χ1n) is 7.02. The first-order chi connectivity index (χ1) is 11.6. The quantitative estimate of drug-likeness (QED) is 0.584. The number of carbonyl (C=O) groups excluding carboxylic acids is 1. The zero-order valence-corrected chi connectivity index (χ0v) is 14.2. The van der Waals surface area contributed by atoms with Gasteiger partial charge in [-0.3, -0.25) is 4.79 Å². The highest BCUT2D eigenvalue weighted by molar-refractivity contribution is 7.99. The van der Waals surface area contributed by atoms with Gasteiger partial charge in [0.25, 0.3) is 0 Å². The number of carboxylic acid groups (broad SMARTS) is 1. The fourth-order valence-electron chi connectivity index (χ4n) is 1.90. The van der Waals surface area contributed by atoms with Gasteiger partial charge in [0.2, 0.25) is 5.91 Å². The van der Waals surface area contributed by atoms with Crippen molar-refractivity contribution in [1.29, 1.82) is 0 Å². The van der Waals surface area contributed by atoms with E-state index in [9.17, 15) is 9.59 Å². The van der Waals surface area contributed by atoms with Gasteiger partial charge in [0.1, 0.15) is 0 Å². The summed E-state index contributed by atoms with van der Waals surface area (Å²) < 4.78 is 0. The van der Waals surface area contributed by atoms with E-state index in [0.29, 0.717) is 16.3 Å². The number of hydrogen-bond acceptors (Lipinski definition) is 4. The van der Waals surface area contributed by atoms with Gasteiger partial charge in [-0.05, 0) is 23.8 Å². The van der Waals surface area contributed by atoms with Crippen LogP contribution in [0.5, 0.6) is 0 Å². The van der Waals surface area contributed by atoms with E-state index >= 15 is 0 Å². The molecule has 0 heterocycles. The average Bonchev–Trinajstić information content (AvgIpc) is 2.55. The molecule has 0 radical (unpaired) electrons. The molecule has 2 aromatic rings. The molecule has 0 fully saturated rings. The summed E-state index contributed by atoms with van der Waals surface area (Å²) in [6.07, 6.45) is 1.32. The molecule has 0 saturated carbocycles. The summed E-state index contributed by atoms with van der Waals surface area (Å²) in [7, 11) is 0. The lowest BCUT2D eigenvalue weighted by molar-refractivity contribution is -0.118. The molecule has 1 amide bonds. The van der Waals surface area contributed by atoms with Crippen molar-refractivity contribution in [2.24, 2.45) is 5.10 Å². The van der Waals surface area contributed by atoms with E-state index in [-0.39, 0.29) is 17.2 Å². The molecule has 0 aromatic heterocycles. The van der Waals surface area contributed by atoms with Gasteiger partial charge in [0, 0.05) is 16.3 Å². The van der Waals surface area contributed by atoms with E-state index < -0.39 is 5.97 Å². The van der Waals surface area contributed by atoms with Crippen LogP contribution < -0.4 is 5.43 Å². The lowest BCUT2D eigenvalue weighted by Crippen LogP contribution is -2.20. The number of hydrogen-bond donors (Lipinski definition) is 2. The minimum absolute atomic E-state index is 0.130. The molecule has 2 rings (SSSR count). The van der Waals surface area contributed by atoms with Crippen molar-refractivity contribution in [3.63, 3.8) is 0 Å². The van der Waals surface area contributed by atoms with Crippen LogP contribution in [-0.2, 0) is 10.5 Å². The standard InChI is InChI=1S/C17H15ClN2O3S/c18-14-6-3-4-12(8-14)10-24-11-16(21)20-19-9-13-5-1-2-7-15(13)17(22)23/h1-9H,10-11H2,(H,20,21)(H,22,23)/b19-9-. The number of benzene rings is 2. The predicted molar refractivity (Wildman–Crippen MR) is 96.8 cm³/mol. The van der Waals surface area contributed by atoms with Crippen LogP contribution in [0, 0.1) is 0 Å². The van der Waals surface area contributed by atoms with E-state index in [0.717, 1.165) is 5.56 Å². The van der Waals surface area contributed by atoms with Crippen LogP contribution in [0.15, 0.2) is 53.6 Å². The first-order valence-corrected chi connectivity index (χ1v) is 8.56. The molecule has 0 atom stereocenters. The fraction of sp³-hybridized carbons (Fsp3) is 0.118. The Bertz CT molecular complexity index is 765. The first kappa shape index (κ1) is 18.0. The number of halogens is 1. The third-order valence-corrected chi connectivity index (χ3v) is 4.21. The average molecular weight is 363 g/mol. The van der Waals surface area contributed by atoms with Crippen LogP contribution in [0.25, 0.3) is 0 Å². The SMILES string of the molecule is O=C(CSCc1cccc(Cl)c1)N/N=C\c1ccccc1C(=O)O. The highest BCUT2D eigenvalue weighted by Gasteiger charge is 2.07. The summed E-state index contributed by atoms with van der Waals surface area (Å²) in [5.41, 5.74) is 3.98. The second-order valence-electron chi connectivity index (χ2n) is 4.81. The van der Waals surface area contributed by atoms with Crippen molar-refractivity contribution < 1.29 is 14.7 Å². The van der Waals surface area contributed by atoms with Crippen LogP contribution in [0.1, 0.15) is 21.5 Å². The smallest absolute Gasteiger partial charge is 0.336 e. The van der Waals surface area contributed by atoms with Gasteiger partial charge in [-0.25, -0.2) is 10.2 Å². The van der Waals surface area contributed by atoms with Crippen molar-refractivity contribution in [3.8, 4) is 0 Å². The number of aromatic carboxylic acids is 1. The van der Waals surface area contributed by atoms with Crippen molar-refractivity contribution in [1.82, 2.24) is 5.43 Å². The van der Waals surface area contributed by atoms with E-state index in [1.807, 2.05) is 18.2 Å². The number of rotatable bonds is 7. The molecule has 124 valence electrons. The molecule has 2 N–H and O–H groups in total. The molecule has 7 heteroatoms. The molecule has 5 nitrogen and oxygen atoms in total. The monoisotopic (exact) mass is 362 g/mol. The van der Waals surface area contributed by atoms with Crippen molar-refractivity contribution in [3.05, 3.63) is 70.2 Å². The Morgan fingerprint density at radius 3 is 2.75 bits per heavy atom. The Labute approximate surface area is 148 Å². The predicted octanol–water partition coefficient (Wildman–Crippen LogP) is 3.42. The van der Waals surface area contributed by atoms with Crippen LogP contribution in [0.4, 0.5) is 0 Å². The topological polar surface area (TPSA) is 78.8 Å². The number of thioether (sulfide) groups is 1. The maximum Gasteiger partial charge on any atom is 0.336 e. The lowest BCUT2D eigenvalue weighted by Gasteiger charge is -2.02. The van der Waals surface area contributed by atoms with Gasteiger partial charge < -0.3 is 5.11 Å². The number of nitrogens with zero attached hydrogens (tertiary/aromatic N) is 1. The third-order valence-electron chi connectivity index (χ3n) is 2.97. The Balaban J connectivity index is 1.80. The van der Waals surface area contributed by atoms with E-state index in [1.165, 1.54) is 24.0 Å². The molecule has 0 saturated heterocycles. The van der Waals surface area contributed by atoms with E-state index in [2.05, 4.69) is 10.5 Å². The molecule has 0 aliphatic rings. The van der Waals surface area contributed by atoms with E-state index in [1.54, 1.807) is 24.3 Å². The maximum atomic E-state index is 11.7. The Morgan fingerprint density at radius 1 is 1.21 bits per heavy atom. The van der Waals surface area contributed by atoms with Gasteiger partial charge in [-0.15, -0.1) is 11.8 Å². The molecule has 0 bridgehead atoms. The number of nitrogens with one attached hydrogen (secondary N) is 1. The van der Waals surface area contributed by atoms with Gasteiger partial charge in [0.15, 0.2) is 0 Å². The molecule has 0 aliphatic heterocycles. The number of carbonyl (C=O) groups is 2. The zero-order valence-electron chi connectivity index (χ0n) is 12.6. The van der Waals surface area contributed by atoms with Crippen molar-refractivity contribution in [2.75, 3.05) is 5.75 Å². The van der Waals surface area contributed by atoms with Crippen LogP contribution in [0.3, 0.4) is 0 Å². The summed E-state index contributed by atoms with van der Waals surface area (Å²) in [6.45, 7) is 0. The summed E-state index contributed by atoms with van der Waals surface area (Å²) in [4.78, 5) is 22.8. The van der Waals surface area contributed by atoms with Gasteiger partial charge in [0.05, 0.1) is 17.5 Å². The van der Waals surface area contributed by atoms with Crippen molar-refractivity contribution >= 4 is 41.5 Å². The van der Waals surface area contributed by atoms with Crippen molar-refractivity contribution in [2.45, 2.75) is 5.75 Å². The number of carboxylic acids is 1. The van der Waals surface area contributed by atoms with Crippen LogP contribution >= 0.6 is 23.4 Å². The largest absolute Gasteiger partial charge is 0.478 e. The minimum atomic E-state index is -1.04. The maximum absolute atomic E-state index is 11.7. The van der Waals surface area contributed by atoms with E-state index in [4.69, 9.17) is 16.7 Å². The van der Waals surface area contributed by atoms with Gasteiger partial charge >= 0.3 is 5.97 Å². The summed E-state index contributed by atoms with van der Waals surface area (Å²) >= 11 is 7.34. The van der Waals surface area contributed by atoms with Gasteiger partial charge in [-0.2, -0.15) is 5.10 Å². The van der Waals surface area contributed by atoms with Gasteiger partial charge in [-0.1, -0.05) is 41.9 Å². The third kappa shape index (κ3) is 5.72. The molecule has 0 unspecified atom stereocenters. The molecule has 2 aromatic carbocycles. The Kier molecular flexibility index (Phi) is 6.84. The molecule has 0 aliphatic carbocycles.